The predicted octanol–water partition coefficient (Wildman–Crippen LogP) is 5.54. The lowest BCUT2D eigenvalue weighted by Gasteiger charge is -2.35. The monoisotopic (exact) mass is 452 g/mol. The van der Waals surface area contributed by atoms with Gasteiger partial charge in [0.2, 0.25) is 0 Å². The largest absolute Gasteiger partial charge is 0.508 e. The van der Waals surface area contributed by atoms with Gasteiger partial charge in [-0.2, -0.15) is 0 Å². The predicted molar refractivity (Wildman–Crippen MR) is 141 cm³/mol. The van der Waals surface area contributed by atoms with Gasteiger partial charge in [0.25, 0.3) is 0 Å². The van der Waals surface area contributed by atoms with E-state index in [1.807, 2.05) is 30.3 Å². The number of rotatable bonds is 9. The fourth-order valence-electron chi connectivity index (χ4n) is 5.21. The van der Waals surface area contributed by atoms with Crippen molar-refractivity contribution in [3.63, 3.8) is 0 Å². The van der Waals surface area contributed by atoms with Crippen LogP contribution in [0.3, 0.4) is 0 Å². The van der Waals surface area contributed by atoms with E-state index < -0.39 is 8.07 Å². The molecule has 0 heterocycles. The second-order valence-electron chi connectivity index (χ2n) is 8.74. The van der Waals surface area contributed by atoms with Crippen molar-refractivity contribution in [3.8, 4) is 11.5 Å². The second kappa shape index (κ2) is 10.5. The van der Waals surface area contributed by atoms with Crippen molar-refractivity contribution < 1.29 is 10.2 Å². The van der Waals surface area contributed by atoms with Crippen LogP contribution in [0.15, 0.2) is 109 Å². The van der Waals surface area contributed by atoms with Gasteiger partial charge in [-0.25, -0.2) is 0 Å². The number of para-hydroxylation sites is 2. The van der Waals surface area contributed by atoms with Crippen LogP contribution in [-0.4, -0.2) is 18.3 Å². The molecule has 0 aromatic heterocycles. The highest BCUT2D eigenvalue weighted by atomic mass is 28.3. The van der Waals surface area contributed by atoms with Gasteiger partial charge < -0.3 is 10.2 Å². The van der Waals surface area contributed by atoms with Gasteiger partial charge in [-0.05, 0) is 58.1 Å². The molecule has 0 saturated heterocycles. The molecule has 1 unspecified atom stereocenters. The summed E-state index contributed by atoms with van der Waals surface area (Å²) >= 11 is 0. The molecule has 0 amide bonds. The van der Waals surface area contributed by atoms with E-state index in [1.54, 1.807) is 6.07 Å². The van der Waals surface area contributed by atoms with Crippen molar-refractivity contribution in [1.82, 2.24) is 0 Å². The Balaban J connectivity index is 1.87. The van der Waals surface area contributed by atoms with Crippen LogP contribution in [0, 0.1) is 0 Å². The van der Waals surface area contributed by atoms with Crippen molar-refractivity contribution >= 4 is 23.6 Å². The number of hydrogen-bond donors (Lipinski definition) is 2. The van der Waals surface area contributed by atoms with E-state index >= 15 is 0 Å². The Morgan fingerprint density at radius 2 is 1.12 bits per heavy atom. The van der Waals surface area contributed by atoms with Crippen LogP contribution in [-0.2, 0) is 0 Å². The zero-order valence-electron chi connectivity index (χ0n) is 19.2. The summed E-state index contributed by atoms with van der Waals surface area (Å²) in [5.41, 5.74) is 1.03. The average Bonchev–Trinajstić information content (AvgIpc) is 2.86. The highest BCUT2D eigenvalue weighted by molar-refractivity contribution is 7.11. The van der Waals surface area contributed by atoms with Gasteiger partial charge in [0.15, 0.2) is 8.07 Å². The van der Waals surface area contributed by atoms with Crippen LogP contribution in [0.1, 0.15) is 37.7 Å². The zero-order chi connectivity index (χ0) is 23.1. The quantitative estimate of drug-likeness (QED) is 0.258. The Kier molecular flexibility index (Phi) is 7.31. The van der Waals surface area contributed by atoms with Gasteiger partial charge in [0, 0.05) is 0 Å². The first-order chi connectivity index (χ1) is 16.2. The molecule has 4 aromatic rings. The topological polar surface area (TPSA) is 40.5 Å². The Morgan fingerprint density at radius 1 is 0.606 bits per heavy atom. The molecule has 4 rings (SSSR count). The highest BCUT2D eigenvalue weighted by Gasteiger charge is 2.41. The van der Waals surface area contributed by atoms with Crippen LogP contribution in [0.2, 0.25) is 6.04 Å². The van der Waals surface area contributed by atoms with Gasteiger partial charge in [-0.1, -0.05) is 110 Å². The molecule has 2 N–H and O–H groups in total. The van der Waals surface area contributed by atoms with Gasteiger partial charge >= 0.3 is 0 Å². The second-order valence-corrected chi connectivity index (χ2v) is 12.7. The van der Waals surface area contributed by atoms with E-state index in [0.717, 1.165) is 36.1 Å². The van der Waals surface area contributed by atoms with E-state index in [2.05, 4.69) is 79.7 Å². The first-order valence-corrected chi connectivity index (χ1v) is 14.0. The van der Waals surface area contributed by atoms with E-state index in [0.29, 0.717) is 11.5 Å². The molecule has 2 nitrogen and oxygen atoms in total. The van der Waals surface area contributed by atoms with Crippen molar-refractivity contribution in [2.24, 2.45) is 0 Å². The molecule has 0 fully saturated rings. The smallest absolute Gasteiger partial charge is 0.153 e. The fraction of sp³-hybridized carbons (Fsp3) is 0.200. The van der Waals surface area contributed by atoms with Crippen molar-refractivity contribution in [2.75, 3.05) is 0 Å². The molecule has 0 aliphatic rings. The maximum atomic E-state index is 11.1. The molecule has 168 valence electrons. The molecular formula is C30H32O2Si. The molecule has 1 atom stereocenters. The minimum absolute atomic E-state index is 0.265. The SMILES string of the molecule is CCCC(CC[Si](c1ccccc1)(c1ccccc1)c1ccccc1O)c1ccccc1O. The molecule has 0 bridgehead atoms. The van der Waals surface area contributed by atoms with Crippen molar-refractivity contribution in [2.45, 2.75) is 38.1 Å². The van der Waals surface area contributed by atoms with E-state index in [1.165, 1.54) is 10.4 Å². The summed E-state index contributed by atoms with van der Waals surface area (Å²) in [5, 5.41) is 25.3. The van der Waals surface area contributed by atoms with Gasteiger partial charge in [0.05, 0.1) is 0 Å². The third-order valence-electron chi connectivity index (χ3n) is 6.78. The first kappa shape index (κ1) is 22.9. The molecule has 0 aliphatic carbocycles. The van der Waals surface area contributed by atoms with Gasteiger partial charge in [-0.15, -0.1) is 0 Å². The Hall–Kier alpha value is -3.30. The van der Waals surface area contributed by atoms with Crippen molar-refractivity contribution in [1.29, 1.82) is 0 Å². The first-order valence-electron chi connectivity index (χ1n) is 11.8. The van der Waals surface area contributed by atoms with Crippen LogP contribution in [0.5, 0.6) is 11.5 Å². The molecule has 0 spiro atoms. The van der Waals surface area contributed by atoms with E-state index in [4.69, 9.17) is 0 Å². The number of benzene rings is 4. The zero-order valence-corrected chi connectivity index (χ0v) is 20.2. The Bertz CT molecular complexity index is 1120. The number of hydrogen-bond acceptors (Lipinski definition) is 2. The Labute approximate surface area is 198 Å². The third-order valence-corrected chi connectivity index (χ3v) is 11.8. The minimum Gasteiger partial charge on any atom is -0.508 e. The maximum absolute atomic E-state index is 11.1. The average molecular weight is 453 g/mol. The van der Waals surface area contributed by atoms with Crippen molar-refractivity contribution in [3.05, 3.63) is 115 Å². The lowest BCUT2D eigenvalue weighted by atomic mass is 9.91. The molecule has 3 heteroatoms. The molecule has 4 aromatic carbocycles. The fourth-order valence-corrected chi connectivity index (χ4v) is 10.2. The standard InChI is InChI=1S/C30H32O2Si/c1-2-13-24(27-18-9-10-19-28(27)31)22-23-33(25-14-5-3-6-15-25,26-16-7-4-8-17-26)30-21-12-11-20-29(30)32/h3-12,14-21,24,31-32H,2,13,22-23H2,1H3. The highest BCUT2D eigenvalue weighted by Crippen LogP contribution is 2.34. The summed E-state index contributed by atoms with van der Waals surface area (Å²) in [6.45, 7) is 2.20. The Morgan fingerprint density at radius 3 is 1.67 bits per heavy atom. The maximum Gasteiger partial charge on any atom is 0.153 e. The summed E-state index contributed by atoms with van der Waals surface area (Å²) in [6, 6.07) is 38.0. The molecular weight excluding hydrogens is 420 g/mol. The van der Waals surface area contributed by atoms with E-state index in [9.17, 15) is 10.2 Å². The summed E-state index contributed by atoms with van der Waals surface area (Å²) in [7, 11) is -2.54. The van der Waals surface area contributed by atoms with Crippen LogP contribution >= 0.6 is 0 Å². The summed E-state index contributed by atoms with van der Waals surface area (Å²) < 4.78 is 0. The lowest BCUT2D eigenvalue weighted by Crippen LogP contribution is -2.67. The minimum atomic E-state index is -2.54. The summed E-state index contributed by atoms with van der Waals surface area (Å²) in [6.07, 6.45) is 3.02. The molecule has 33 heavy (non-hydrogen) atoms. The van der Waals surface area contributed by atoms with E-state index in [-0.39, 0.29) is 5.92 Å². The molecule has 0 saturated carbocycles. The number of phenols is 2. The van der Waals surface area contributed by atoms with Crippen LogP contribution < -0.4 is 15.6 Å². The van der Waals surface area contributed by atoms with Crippen LogP contribution in [0.25, 0.3) is 0 Å². The number of aromatic hydroxyl groups is 2. The van der Waals surface area contributed by atoms with Crippen LogP contribution in [0.4, 0.5) is 0 Å². The summed E-state index contributed by atoms with van der Waals surface area (Å²) in [4.78, 5) is 0. The normalized spacial score (nSPS) is 12.4. The molecule has 0 aliphatic heterocycles. The van der Waals surface area contributed by atoms with Gasteiger partial charge in [-0.3, -0.25) is 0 Å². The third kappa shape index (κ3) is 4.74. The molecule has 0 radical (unpaired) electrons. The summed E-state index contributed by atoms with van der Waals surface area (Å²) in [5.74, 6) is 1.01. The lowest BCUT2D eigenvalue weighted by molar-refractivity contribution is 0.454. The number of phenolic OH excluding ortho intramolecular Hbond substituents is 2. The van der Waals surface area contributed by atoms with Gasteiger partial charge in [0.1, 0.15) is 11.5 Å².